The van der Waals surface area contributed by atoms with Gasteiger partial charge in [0.1, 0.15) is 11.5 Å². The molecule has 2 atom stereocenters. The minimum atomic E-state index is -0.915. The molecule has 5 rings (SSSR count). The number of fused-ring (bicyclic) bond motifs is 1. The molecule has 1 aromatic heterocycles. The van der Waals surface area contributed by atoms with Crippen LogP contribution >= 0.6 is 0 Å². The van der Waals surface area contributed by atoms with Gasteiger partial charge in [0.05, 0.1) is 67.6 Å². The topological polar surface area (TPSA) is 146 Å². The molecule has 0 radical (unpaired) electrons. The van der Waals surface area contributed by atoms with Gasteiger partial charge in [-0.05, 0) is 65.1 Å². The van der Waals surface area contributed by atoms with Crippen LogP contribution in [0.4, 0.5) is 0 Å². The van der Waals surface area contributed by atoms with Crippen LogP contribution in [0.3, 0.4) is 0 Å². The van der Waals surface area contributed by atoms with Gasteiger partial charge < -0.3 is 43.1 Å². The Morgan fingerprint density at radius 2 is 1.54 bits per heavy atom. The largest absolute Gasteiger partial charge is 0.508 e. The van der Waals surface area contributed by atoms with E-state index in [1.54, 1.807) is 40.6 Å². The molecule has 12 heteroatoms. The van der Waals surface area contributed by atoms with Crippen molar-refractivity contribution in [1.82, 2.24) is 4.90 Å². The van der Waals surface area contributed by atoms with Gasteiger partial charge in [-0.3, -0.25) is 14.5 Å². The maximum absolute atomic E-state index is 13.2. The number of carbonyl (C=O) groups excluding carboxylic acids is 1. The molecule has 0 aliphatic carbocycles. The van der Waals surface area contributed by atoms with E-state index in [1.807, 2.05) is 24.3 Å². The second-order valence-electron chi connectivity index (χ2n) is 11.2. The first-order valence-corrected chi connectivity index (χ1v) is 15.2. The first-order valence-electron chi connectivity index (χ1n) is 15.2. The Balaban J connectivity index is 1.65. The molecule has 1 aliphatic rings. The zero-order chi connectivity index (χ0) is 34.5. The summed E-state index contributed by atoms with van der Waals surface area (Å²) in [5.74, 6) is 0.492. The average Bonchev–Trinajstić information content (AvgIpc) is 3.10. The van der Waals surface area contributed by atoms with Crippen molar-refractivity contribution >= 4 is 5.97 Å². The van der Waals surface area contributed by atoms with Gasteiger partial charge in [0.25, 0.3) is 0 Å². The van der Waals surface area contributed by atoms with Gasteiger partial charge in [-0.1, -0.05) is 12.1 Å². The van der Waals surface area contributed by atoms with Gasteiger partial charge >= 0.3 is 5.97 Å². The van der Waals surface area contributed by atoms with Crippen LogP contribution in [0.2, 0.25) is 0 Å². The van der Waals surface area contributed by atoms with Crippen LogP contribution < -0.4 is 29.1 Å². The maximum atomic E-state index is 13.2. The number of nitrogens with zero attached hydrogens (tertiary/aromatic N) is 1. The van der Waals surface area contributed by atoms with Crippen molar-refractivity contribution in [2.24, 2.45) is 0 Å². The molecule has 0 amide bonds. The molecule has 3 aromatic carbocycles. The first kappa shape index (κ1) is 34.0. The molecule has 48 heavy (non-hydrogen) atoms. The third-order valence-corrected chi connectivity index (χ3v) is 8.52. The lowest BCUT2D eigenvalue weighted by Gasteiger charge is -2.38. The molecule has 0 bridgehead atoms. The number of carbonyl (C=O) groups is 1. The average molecular weight is 662 g/mol. The highest BCUT2D eigenvalue weighted by Crippen LogP contribution is 2.46. The van der Waals surface area contributed by atoms with Crippen LogP contribution in [0, 0.1) is 0 Å². The predicted octanol–water partition coefficient (Wildman–Crippen LogP) is 4.94. The molecule has 12 nitrogen and oxygen atoms in total. The number of methoxy groups -OCH3 is 6. The third-order valence-electron chi connectivity index (χ3n) is 8.52. The summed E-state index contributed by atoms with van der Waals surface area (Å²) in [6, 6.07) is 14.7. The zero-order valence-electron chi connectivity index (χ0n) is 27.7. The van der Waals surface area contributed by atoms with Crippen molar-refractivity contribution in [2.45, 2.75) is 31.3 Å². The van der Waals surface area contributed by atoms with E-state index in [9.17, 15) is 19.8 Å². The van der Waals surface area contributed by atoms with E-state index in [0.29, 0.717) is 47.3 Å². The normalized spacial score (nSPS) is 14.8. The minimum Gasteiger partial charge on any atom is -0.508 e. The van der Waals surface area contributed by atoms with Crippen molar-refractivity contribution in [1.29, 1.82) is 0 Å². The summed E-state index contributed by atoms with van der Waals surface area (Å²) >= 11 is 0. The van der Waals surface area contributed by atoms with Crippen LogP contribution in [0.1, 0.15) is 52.2 Å². The number of hydrogen-bond acceptors (Lipinski definition) is 12. The van der Waals surface area contributed by atoms with Crippen LogP contribution in [-0.2, 0) is 22.5 Å². The quantitative estimate of drug-likeness (QED) is 0.198. The number of rotatable bonds is 12. The number of phenols is 1. The lowest BCUT2D eigenvalue weighted by atomic mass is 9.87. The summed E-state index contributed by atoms with van der Waals surface area (Å²) in [4.78, 5) is 27.8. The molecule has 2 N–H and O–H groups in total. The monoisotopic (exact) mass is 661 g/mol. The van der Waals surface area contributed by atoms with Gasteiger partial charge in [-0.15, -0.1) is 0 Å². The molecule has 0 fully saturated rings. The second kappa shape index (κ2) is 14.6. The fraction of sp³-hybridized carbons (Fsp3) is 0.333. The molecular weight excluding hydrogens is 622 g/mol. The van der Waals surface area contributed by atoms with E-state index in [4.69, 9.17) is 32.8 Å². The predicted molar refractivity (Wildman–Crippen MR) is 175 cm³/mol. The van der Waals surface area contributed by atoms with Crippen LogP contribution in [0.5, 0.6) is 40.2 Å². The summed E-state index contributed by atoms with van der Waals surface area (Å²) in [5.41, 5.74) is 2.56. The smallest absolute Gasteiger partial charge is 0.306 e. The Morgan fingerprint density at radius 3 is 2.15 bits per heavy atom. The summed E-state index contributed by atoms with van der Waals surface area (Å²) in [7, 11) is 9.04. The Labute approximate surface area is 277 Å². The number of aromatic hydroxyl groups is 2. The number of ether oxygens (including phenoxy) is 6. The Kier molecular flexibility index (Phi) is 10.3. The second-order valence-corrected chi connectivity index (χ2v) is 11.2. The van der Waals surface area contributed by atoms with Crippen molar-refractivity contribution in [3.8, 4) is 40.2 Å². The van der Waals surface area contributed by atoms with Gasteiger partial charge in [0.2, 0.25) is 16.9 Å². The molecule has 2 unspecified atom stereocenters. The number of esters is 1. The summed E-state index contributed by atoms with van der Waals surface area (Å²) in [6.07, 6.45) is 0.396. The summed E-state index contributed by atoms with van der Waals surface area (Å²) in [5, 5.41) is 21.1. The van der Waals surface area contributed by atoms with Crippen molar-refractivity contribution in [3.63, 3.8) is 0 Å². The van der Waals surface area contributed by atoms with Gasteiger partial charge in [0, 0.05) is 12.6 Å². The van der Waals surface area contributed by atoms with E-state index in [1.165, 1.54) is 32.4 Å². The van der Waals surface area contributed by atoms with E-state index in [-0.39, 0.29) is 30.2 Å². The SMILES string of the molecule is COC(=O)CC(c1cccc(O)c1)c1oc(CN2CCc3cc(OC)c(OC)cc3C2c2cc(OC)c(OC)c(OC)c2)cc(=O)c1O. The number of benzene rings is 3. The van der Waals surface area contributed by atoms with Crippen LogP contribution in [-0.4, -0.2) is 70.3 Å². The highest BCUT2D eigenvalue weighted by molar-refractivity contribution is 5.71. The zero-order valence-corrected chi connectivity index (χ0v) is 27.7. The molecule has 1 aliphatic heterocycles. The lowest BCUT2D eigenvalue weighted by molar-refractivity contribution is -0.140. The van der Waals surface area contributed by atoms with Crippen molar-refractivity contribution in [3.05, 3.63) is 98.6 Å². The Bertz CT molecular complexity index is 1830. The molecule has 0 saturated heterocycles. The standard InChI is InChI=1S/C36H39NO11/c1-42-28-13-21-10-11-37(33(25(21)17-29(28)43-2)22-14-30(44-3)36(47-6)31(15-22)45-4)19-24-16-27(39)34(41)35(48-24)26(18-32(40)46-5)20-8-7-9-23(38)12-20/h7-9,12-17,26,33,38,41H,10-11,18-19H2,1-6H3. The van der Waals surface area contributed by atoms with Gasteiger partial charge in [0.15, 0.2) is 28.8 Å². The Hall–Kier alpha value is -5.36. The van der Waals surface area contributed by atoms with E-state index < -0.39 is 29.1 Å². The van der Waals surface area contributed by atoms with Gasteiger partial charge in [-0.25, -0.2) is 0 Å². The van der Waals surface area contributed by atoms with Crippen molar-refractivity contribution < 1.29 is 47.8 Å². The molecule has 0 saturated carbocycles. The third kappa shape index (κ3) is 6.70. The number of phenolic OH excluding ortho intramolecular Hbond substituents is 1. The maximum Gasteiger partial charge on any atom is 0.306 e. The molecule has 254 valence electrons. The van der Waals surface area contributed by atoms with Crippen LogP contribution in [0.25, 0.3) is 0 Å². The summed E-state index contributed by atoms with van der Waals surface area (Å²) < 4.78 is 39.4. The first-order chi connectivity index (χ1) is 23.1. The van der Waals surface area contributed by atoms with Crippen molar-refractivity contribution in [2.75, 3.05) is 49.2 Å². The van der Waals surface area contributed by atoms with Gasteiger partial charge in [-0.2, -0.15) is 0 Å². The lowest BCUT2D eigenvalue weighted by Crippen LogP contribution is -2.36. The molecule has 2 heterocycles. The highest BCUT2D eigenvalue weighted by Gasteiger charge is 2.34. The van der Waals surface area contributed by atoms with E-state index in [0.717, 1.165) is 16.7 Å². The van der Waals surface area contributed by atoms with Crippen LogP contribution in [0.15, 0.2) is 63.8 Å². The Morgan fingerprint density at radius 1 is 0.875 bits per heavy atom. The molecule has 0 spiro atoms. The molecule has 4 aromatic rings. The highest BCUT2D eigenvalue weighted by atomic mass is 16.5. The minimum absolute atomic E-state index is 0.0485. The van der Waals surface area contributed by atoms with E-state index in [2.05, 4.69) is 4.90 Å². The number of hydrogen-bond donors (Lipinski definition) is 2. The fourth-order valence-corrected chi connectivity index (χ4v) is 6.24. The fourth-order valence-electron chi connectivity index (χ4n) is 6.24. The molecular formula is C36H39NO11. The van der Waals surface area contributed by atoms with E-state index >= 15 is 0 Å². The summed E-state index contributed by atoms with van der Waals surface area (Å²) in [6.45, 7) is 0.685.